The molecule has 0 aliphatic heterocycles. The van der Waals surface area contributed by atoms with Crippen molar-refractivity contribution in [3.05, 3.63) is 35.0 Å². The van der Waals surface area contributed by atoms with Crippen LogP contribution in [-0.2, 0) is 4.79 Å². The Bertz CT molecular complexity index is 549. The van der Waals surface area contributed by atoms with E-state index in [1.165, 1.54) is 18.5 Å². The van der Waals surface area contributed by atoms with Crippen LogP contribution in [0, 0.1) is 0 Å². The highest BCUT2D eigenvalue weighted by Gasteiger charge is 2.08. The van der Waals surface area contributed by atoms with Crippen molar-refractivity contribution in [3.8, 4) is 11.5 Å². The summed E-state index contributed by atoms with van der Waals surface area (Å²) in [5.74, 6) is 2.08. The molecule has 0 unspecified atom stereocenters. The second-order valence-corrected chi connectivity index (χ2v) is 3.69. The van der Waals surface area contributed by atoms with Crippen molar-refractivity contribution in [2.24, 2.45) is 0 Å². The van der Waals surface area contributed by atoms with Gasteiger partial charge in [-0.1, -0.05) is 0 Å². The van der Waals surface area contributed by atoms with E-state index in [-0.39, 0.29) is 0 Å². The van der Waals surface area contributed by atoms with Crippen molar-refractivity contribution in [1.82, 2.24) is 19.9 Å². The second kappa shape index (κ2) is 4.74. The number of aromatic nitrogens is 4. The van der Waals surface area contributed by atoms with Gasteiger partial charge in [0.05, 0.1) is 10.5 Å². The zero-order chi connectivity index (χ0) is 11.4. The minimum Gasteiger partial charge on any atom is -0.252 e. The first kappa shape index (κ1) is 10.6. The van der Waals surface area contributed by atoms with E-state index in [0.717, 1.165) is 4.47 Å². The van der Waals surface area contributed by atoms with Crippen molar-refractivity contribution in [2.75, 3.05) is 0 Å². The molecule has 0 bridgehead atoms. The molecule has 0 N–H and O–H groups in total. The summed E-state index contributed by atoms with van der Waals surface area (Å²) < 4.78 is 0.771. The predicted molar refractivity (Wildman–Crippen MR) is 60.9 cm³/mol. The van der Waals surface area contributed by atoms with Crippen LogP contribution in [0.15, 0.2) is 29.3 Å². The van der Waals surface area contributed by atoms with Gasteiger partial charge in [-0.2, -0.15) is 0 Å². The smallest absolute Gasteiger partial charge is 0.180 e. The molecule has 78 valence electrons. The van der Waals surface area contributed by atoms with Crippen LogP contribution in [0.1, 0.15) is 5.69 Å². The van der Waals surface area contributed by atoms with E-state index in [1.807, 2.05) is 0 Å². The average molecular weight is 277 g/mol. The monoisotopic (exact) mass is 276 g/mol. The van der Waals surface area contributed by atoms with Gasteiger partial charge >= 0.3 is 0 Å². The number of carbonyl (C=O) groups excluding carboxylic acids is 1. The molecule has 6 heteroatoms. The van der Waals surface area contributed by atoms with Crippen LogP contribution in [0.4, 0.5) is 0 Å². The van der Waals surface area contributed by atoms with Crippen LogP contribution in [-0.4, -0.2) is 25.9 Å². The van der Waals surface area contributed by atoms with Crippen LogP contribution < -0.4 is 0 Å². The van der Waals surface area contributed by atoms with Gasteiger partial charge in [-0.15, -0.1) is 0 Å². The van der Waals surface area contributed by atoms with Crippen LogP contribution >= 0.6 is 15.9 Å². The quantitative estimate of drug-likeness (QED) is 0.779. The molecule has 0 fully saturated rings. The van der Waals surface area contributed by atoms with Crippen LogP contribution in [0.25, 0.3) is 17.6 Å². The summed E-state index contributed by atoms with van der Waals surface area (Å²) in [6.07, 6.45) is 7.42. The van der Waals surface area contributed by atoms with Crippen molar-refractivity contribution < 1.29 is 4.79 Å². The Hall–Kier alpha value is -1.91. The molecule has 0 spiro atoms. The maximum atomic E-state index is 10.3. The third kappa shape index (κ3) is 2.18. The number of nitrogens with zero attached hydrogens (tertiary/aromatic N) is 4. The standard InChI is InChI=1S/C10H5BrN4O/c11-7-5-14-10(15-6-7)9-8(1-4-16)12-2-3-13-9/h1-3,5-6H. The fourth-order valence-corrected chi connectivity index (χ4v) is 1.32. The largest absolute Gasteiger partial charge is 0.252 e. The zero-order valence-corrected chi connectivity index (χ0v) is 9.55. The van der Waals surface area contributed by atoms with Crippen molar-refractivity contribution in [3.63, 3.8) is 0 Å². The molecule has 5 nitrogen and oxygen atoms in total. The maximum Gasteiger partial charge on any atom is 0.180 e. The van der Waals surface area contributed by atoms with Gasteiger partial charge in [-0.3, -0.25) is 4.98 Å². The first-order chi connectivity index (χ1) is 7.81. The third-order valence-electron chi connectivity index (χ3n) is 1.75. The van der Waals surface area contributed by atoms with Gasteiger partial charge in [-0.25, -0.2) is 19.7 Å². The van der Waals surface area contributed by atoms with E-state index in [2.05, 4.69) is 35.9 Å². The van der Waals surface area contributed by atoms with Crippen molar-refractivity contribution >= 4 is 27.9 Å². The maximum absolute atomic E-state index is 10.3. The molecular weight excluding hydrogens is 272 g/mol. The Morgan fingerprint density at radius 1 is 1.12 bits per heavy atom. The van der Waals surface area contributed by atoms with Gasteiger partial charge in [-0.05, 0) is 15.9 Å². The summed E-state index contributed by atoms with van der Waals surface area (Å²) in [5.41, 5.74) is 0.859. The molecule has 2 rings (SSSR count). The molecule has 0 radical (unpaired) electrons. The summed E-state index contributed by atoms with van der Waals surface area (Å²) in [5, 5.41) is 0. The van der Waals surface area contributed by atoms with Gasteiger partial charge in [0.25, 0.3) is 0 Å². The van der Waals surface area contributed by atoms with Crippen molar-refractivity contribution in [2.45, 2.75) is 0 Å². The molecule has 2 aromatic rings. The first-order valence-electron chi connectivity index (χ1n) is 4.31. The minimum atomic E-state index is 0.403. The Balaban J connectivity index is 2.55. The number of halogens is 1. The Morgan fingerprint density at radius 3 is 2.50 bits per heavy atom. The van der Waals surface area contributed by atoms with Crippen LogP contribution in [0.2, 0.25) is 0 Å². The highest BCUT2D eigenvalue weighted by atomic mass is 79.9. The molecule has 0 aromatic carbocycles. The van der Waals surface area contributed by atoms with Crippen molar-refractivity contribution in [1.29, 1.82) is 0 Å². The predicted octanol–water partition coefficient (Wildman–Crippen LogP) is 1.54. The molecule has 0 atom stereocenters. The highest BCUT2D eigenvalue weighted by Crippen LogP contribution is 2.16. The fraction of sp³-hybridized carbons (Fsp3) is 0. The molecule has 2 heterocycles. The molecular formula is C10H5BrN4O. The lowest BCUT2D eigenvalue weighted by Gasteiger charge is -2.00. The van der Waals surface area contributed by atoms with Gasteiger partial charge in [0.2, 0.25) is 0 Å². The molecule has 0 aliphatic rings. The van der Waals surface area contributed by atoms with Gasteiger partial charge in [0.1, 0.15) is 17.3 Å². The second-order valence-electron chi connectivity index (χ2n) is 2.78. The van der Waals surface area contributed by atoms with E-state index < -0.39 is 0 Å². The van der Waals surface area contributed by atoms with Crippen LogP contribution in [0.3, 0.4) is 0 Å². The number of rotatable bonds is 2. The Labute approximate surface area is 99.4 Å². The summed E-state index contributed by atoms with van der Waals surface area (Å²) in [6.45, 7) is 0. The van der Waals surface area contributed by atoms with E-state index >= 15 is 0 Å². The summed E-state index contributed by atoms with van der Waals surface area (Å²) in [7, 11) is 0. The topological polar surface area (TPSA) is 68.6 Å². The summed E-state index contributed by atoms with van der Waals surface area (Å²) in [6, 6.07) is 0. The summed E-state index contributed by atoms with van der Waals surface area (Å²) in [4.78, 5) is 26.6. The number of hydrogen-bond donors (Lipinski definition) is 0. The molecule has 0 amide bonds. The minimum absolute atomic E-state index is 0.403. The van der Waals surface area contributed by atoms with E-state index in [4.69, 9.17) is 0 Å². The normalized spacial score (nSPS) is 9.56. The highest BCUT2D eigenvalue weighted by molar-refractivity contribution is 9.10. The van der Waals surface area contributed by atoms with E-state index in [9.17, 15) is 4.79 Å². The summed E-state index contributed by atoms with van der Waals surface area (Å²) >= 11 is 3.24. The van der Waals surface area contributed by atoms with E-state index in [0.29, 0.717) is 17.2 Å². The fourth-order valence-electron chi connectivity index (χ4n) is 1.12. The SMILES string of the molecule is O=C=Cc1nccnc1-c1ncc(Br)cn1. The lowest BCUT2D eigenvalue weighted by Crippen LogP contribution is -1.96. The molecule has 0 aliphatic carbocycles. The lowest BCUT2D eigenvalue weighted by molar-refractivity contribution is 0.570. The van der Waals surface area contributed by atoms with Crippen LogP contribution in [0.5, 0.6) is 0 Å². The molecule has 0 saturated carbocycles. The Morgan fingerprint density at radius 2 is 1.81 bits per heavy atom. The molecule has 2 aromatic heterocycles. The lowest BCUT2D eigenvalue weighted by atomic mass is 10.3. The third-order valence-corrected chi connectivity index (χ3v) is 2.16. The average Bonchev–Trinajstić information content (AvgIpc) is 2.32. The number of hydrogen-bond acceptors (Lipinski definition) is 5. The molecule has 0 saturated heterocycles. The van der Waals surface area contributed by atoms with Gasteiger partial charge in [0, 0.05) is 24.8 Å². The van der Waals surface area contributed by atoms with Gasteiger partial charge in [0.15, 0.2) is 5.82 Å². The first-order valence-corrected chi connectivity index (χ1v) is 5.10. The van der Waals surface area contributed by atoms with Gasteiger partial charge < -0.3 is 0 Å². The molecule has 16 heavy (non-hydrogen) atoms. The zero-order valence-electron chi connectivity index (χ0n) is 7.96. The van der Waals surface area contributed by atoms with E-state index in [1.54, 1.807) is 18.3 Å². The Kier molecular flexibility index (Phi) is 3.14.